The third-order valence-electron chi connectivity index (χ3n) is 3.45. The van der Waals surface area contributed by atoms with E-state index in [9.17, 15) is 0 Å². The third-order valence-corrected chi connectivity index (χ3v) is 3.45. The van der Waals surface area contributed by atoms with Crippen molar-refractivity contribution in [3.05, 3.63) is 49.3 Å². The molecule has 0 amide bonds. The van der Waals surface area contributed by atoms with Crippen LogP contribution in [0.3, 0.4) is 0 Å². The fourth-order valence-corrected chi connectivity index (χ4v) is 2.36. The molecule has 1 aromatic heterocycles. The number of imidazole rings is 1. The Kier molecular flexibility index (Phi) is 5.17. The minimum Gasteiger partial charge on any atom is -0.494 e. The molecule has 2 rings (SSSR count). The van der Waals surface area contributed by atoms with Gasteiger partial charge in [0.05, 0.1) is 23.7 Å². The maximum atomic E-state index is 5.52. The van der Waals surface area contributed by atoms with Gasteiger partial charge in [-0.1, -0.05) is 12.2 Å². The van der Waals surface area contributed by atoms with Gasteiger partial charge in [0.2, 0.25) is 0 Å². The number of rotatable bonds is 8. The summed E-state index contributed by atoms with van der Waals surface area (Å²) in [5.41, 5.74) is 1.96. The molecule has 0 aliphatic heterocycles. The van der Waals surface area contributed by atoms with Crippen LogP contribution in [-0.4, -0.2) is 34.6 Å². The number of fused-ring (bicyclic) bond motifs is 1. The van der Waals surface area contributed by atoms with Crippen LogP contribution in [0.25, 0.3) is 11.0 Å². The number of hydrogen-bond donors (Lipinski definition) is 1. The number of ether oxygens (including phenoxy) is 1. The molecule has 4 nitrogen and oxygen atoms in total. The van der Waals surface area contributed by atoms with Crippen molar-refractivity contribution in [2.24, 2.45) is 0 Å². The smallest absolute Gasteiger partial charge is 0.124 e. The monoisotopic (exact) mass is 285 g/mol. The number of aromatic nitrogens is 2. The van der Waals surface area contributed by atoms with E-state index >= 15 is 0 Å². The molecule has 0 fully saturated rings. The van der Waals surface area contributed by atoms with Crippen LogP contribution in [0.4, 0.5) is 0 Å². The predicted molar refractivity (Wildman–Crippen MR) is 87.6 cm³/mol. The lowest BCUT2D eigenvalue weighted by Gasteiger charge is -2.24. The zero-order chi connectivity index (χ0) is 15.2. The van der Waals surface area contributed by atoms with E-state index in [0.717, 1.165) is 35.7 Å². The molecule has 0 radical (unpaired) electrons. The third kappa shape index (κ3) is 3.52. The second-order valence-corrected chi connectivity index (χ2v) is 4.94. The van der Waals surface area contributed by atoms with Gasteiger partial charge in [-0.05, 0) is 26.0 Å². The summed E-state index contributed by atoms with van der Waals surface area (Å²) >= 11 is 0. The lowest BCUT2D eigenvalue weighted by molar-refractivity contribution is 0.252. The highest BCUT2D eigenvalue weighted by molar-refractivity contribution is 5.76. The number of nitrogens with zero attached hydrogens (tertiary/aromatic N) is 2. The van der Waals surface area contributed by atoms with E-state index in [2.05, 4.69) is 34.9 Å². The van der Waals surface area contributed by atoms with Gasteiger partial charge >= 0.3 is 0 Å². The zero-order valence-electron chi connectivity index (χ0n) is 12.8. The molecular formula is C17H23N3O. The molecule has 0 bridgehead atoms. The lowest BCUT2D eigenvalue weighted by Crippen LogP contribution is -2.28. The molecular weight excluding hydrogens is 262 g/mol. The van der Waals surface area contributed by atoms with Crippen LogP contribution in [0.5, 0.6) is 5.75 Å². The number of hydrogen-bond acceptors (Lipinski definition) is 3. The normalized spacial score (nSPS) is 12.5. The SMILES string of the molecule is C=CCN(CC=C)C(C)c1nc2ccc(OCC)cc2[nH]1. The number of benzene rings is 1. The molecule has 0 saturated carbocycles. The summed E-state index contributed by atoms with van der Waals surface area (Å²) in [4.78, 5) is 10.3. The Morgan fingerprint density at radius 1 is 1.33 bits per heavy atom. The minimum atomic E-state index is 0.170. The maximum absolute atomic E-state index is 5.52. The molecule has 21 heavy (non-hydrogen) atoms. The van der Waals surface area contributed by atoms with Crippen LogP contribution in [0.2, 0.25) is 0 Å². The quantitative estimate of drug-likeness (QED) is 0.752. The van der Waals surface area contributed by atoms with E-state index in [-0.39, 0.29) is 6.04 Å². The predicted octanol–water partition coefficient (Wildman–Crippen LogP) is 3.70. The van der Waals surface area contributed by atoms with Crippen molar-refractivity contribution < 1.29 is 4.74 Å². The van der Waals surface area contributed by atoms with Gasteiger partial charge in [-0.25, -0.2) is 4.98 Å². The minimum absolute atomic E-state index is 0.170. The van der Waals surface area contributed by atoms with Crippen molar-refractivity contribution >= 4 is 11.0 Å². The average Bonchev–Trinajstić information content (AvgIpc) is 2.90. The van der Waals surface area contributed by atoms with Crippen LogP contribution in [0.15, 0.2) is 43.5 Å². The first-order chi connectivity index (χ1) is 10.2. The van der Waals surface area contributed by atoms with E-state index < -0.39 is 0 Å². The molecule has 2 aromatic rings. The van der Waals surface area contributed by atoms with E-state index in [1.807, 2.05) is 37.3 Å². The largest absolute Gasteiger partial charge is 0.494 e. The highest BCUT2D eigenvalue weighted by atomic mass is 16.5. The van der Waals surface area contributed by atoms with E-state index in [4.69, 9.17) is 4.74 Å². The van der Waals surface area contributed by atoms with Crippen molar-refractivity contribution in [2.75, 3.05) is 19.7 Å². The molecule has 0 aliphatic carbocycles. The molecule has 1 atom stereocenters. The van der Waals surface area contributed by atoms with Gasteiger partial charge in [-0.2, -0.15) is 0 Å². The molecule has 112 valence electrons. The Balaban J connectivity index is 2.27. The molecule has 4 heteroatoms. The van der Waals surface area contributed by atoms with Crippen molar-refractivity contribution in [3.63, 3.8) is 0 Å². The first-order valence-corrected chi connectivity index (χ1v) is 7.27. The second-order valence-electron chi connectivity index (χ2n) is 4.94. The Labute approximate surface area is 126 Å². The summed E-state index contributed by atoms with van der Waals surface area (Å²) in [5.74, 6) is 1.81. The van der Waals surface area contributed by atoms with Gasteiger partial charge in [-0.15, -0.1) is 13.2 Å². The van der Waals surface area contributed by atoms with Gasteiger partial charge in [0.25, 0.3) is 0 Å². The zero-order valence-corrected chi connectivity index (χ0v) is 12.8. The lowest BCUT2D eigenvalue weighted by atomic mass is 10.2. The van der Waals surface area contributed by atoms with Crippen LogP contribution in [0.1, 0.15) is 25.7 Å². The van der Waals surface area contributed by atoms with E-state index in [0.29, 0.717) is 6.61 Å². The van der Waals surface area contributed by atoms with Crippen molar-refractivity contribution in [3.8, 4) is 5.75 Å². The molecule has 1 heterocycles. The number of H-pyrrole nitrogens is 1. The summed E-state index contributed by atoms with van der Waals surface area (Å²) in [6, 6.07) is 6.10. The second kappa shape index (κ2) is 7.09. The molecule has 0 aliphatic rings. The Morgan fingerprint density at radius 3 is 2.67 bits per heavy atom. The van der Waals surface area contributed by atoms with Gasteiger partial charge in [0.1, 0.15) is 11.6 Å². The van der Waals surface area contributed by atoms with Crippen molar-refractivity contribution in [1.29, 1.82) is 0 Å². The Hall–Kier alpha value is -2.07. The molecule has 0 saturated heterocycles. The summed E-state index contributed by atoms with van der Waals surface area (Å²) < 4.78 is 5.52. The molecule has 1 N–H and O–H groups in total. The Bertz CT molecular complexity index is 608. The average molecular weight is 285 g/mol. The maximum Gasteiger partial charge on any atom is 0.124 e. The highest BCUT2D eigenvalue weighted by Crippen LogP contribution is 2.24. The summed E-state index contributed by atoms with van der Waals surface area (Å²) in [6.07, 6.45) is 3.80. The van der Waals surface area contributed by atoms with Crippen LogP contribution in [0, 0.1) is 0 Å². The van der Waals surface area contributed by atoms with Crippen LogP contribution in [-0.2, 0) is 0 Å². The van der Waals surface area contributed by atoms with Gasteiger partial charge in [0.15, 0.2) is 0 Å². The van der Waals surface area contributed by atoms with Crippen molar-refractivity contribution in [2.45, 2.75) is 19.9 Å². The van der Waals surface area contributed by atoms with Crippen molar-refractivity contribution in [1.82, 2.24) is 14.9 Å². The van der Waals surface area contributed by atoms with Crippen LogP contribution < -0.4 is 4.74 Å². The highest BCUT2D eigenvalue weighted by Gasteiger charge is 2.17. The van der Waals surface area contributed by atoms with Gasteiger partial charge < -0.3 is 9.72 Å². The van der Waals surface area contributed by atoms with Crippen LogP contribution >= 0.6 is 0 Å². The summed E-state index contributed by atoms with van der Waals surface area (Å²) in [6.45, 7) is 14.0. The standard InChI is InChI=1S/C17H23N3O/c1-5-10-20(11-6-2)13(4)17-18-15-9-8-14(21-7-3)12-16(15)19-17/h5-6,8-9,12-13H,1-2,7,10-11H2,3-4H3,(H,18,19). The first-order valence-electron chi connectivity index (χ1n) is 7.27. The molecule has 1 aromatic carbocycles. The summed E-state index contributed by atoms with van der Waals surface area (Å²) in [5, 5.41) is 0. The first kappa shape index (κ1) is 15.3. The summed E-state index contributed by atoms with van der Waals surface area (Å²) in [7, 11) is 0. The number of aromatic amines is 1. The topological polar surface area (TPSA) is 41.2 Å². The van der Waals surface area contributed by atoms with E-state index in [1.54, 1.807) is 0 Å². The van der Waals surface area contributed by atoms with Gasteiger partial charge in [-0.3, -0.25) is 4.90 Å². The number of nitrogens with one attached hydrogen (secondary N) is 1. The van der Waals surface area contributed by atoms with Gasteiger partial charge in [0, 0.05) is 19.2 Å². The van der Waals surface area contributed by atoms with E-state index in [1.165, 1.54) is 0 Å². The molecule has 0 spiro atoms. The fourth-order valence-electron chi connectivity index (χ4n) is 2.36. The molecule has 1 unspecified atom stereocenters. The Morgan fingerprint density at radius 2 is 2.05 bits per heavy atom. The fraction of sp³-hybridized carbons (Fsp3) is 0.353.